The second-order valence-corrected chi connectivity index (χ2v) is 4.46. The average Bonchev–Trinajstić information content (AvgIpc) is 2.46. The number of nitrogens with zero attached hydrogens (tertiary/aromatic N) is 2. The summed E-state index contributed by atoms with van der Waals surface area (Å²) in [4.78, 5) is 6.41. The molecule has 0 fully saturated rings. The van der Waals surface area contributed by atoms with Crippen LogP contribution in [0, 0.1) is 0 Å². The molecule has 4 heteroatoms. The average molecular weight is 257 g/mol. The van der Waals surface area contributed by atoms with Crippen molar-refractivity contribution in [3.8, 4) is 5.75 Å². The topological polar surface area (TPSA) is 51.4 Å². The van der Waals surface area contributed by atoms with Gasteiger partial charge >= 0.3 is 0 Å². The number of nitrogens with two attached hydrogens (primary N) is 1. The number of hydrogen-bond acceptors (Lipinski definition) is 4. The molecule has 0 saturated carbocycles. The van der Waals surface area contributed by atoms with Gasteiger partial charge in [0.1, 0.15) is 5.75 Å². The van der Waals surface area contributed by atoms with Crippen molar-refractivity contribution < 1.29 is 4.74 Å². The highest BCUT2D eigenvalue weighted by Gasteiger charge is 2.10. The quantitative estimate of drug-likeness (QED) is 0.915. The van der Waals surface area contributed by atoms with Crippen LogP contribution in [0.5, 0.6) is 5.75 Å². The third-order valence-corrected chi connectivity index (χ3v) is 3.07. The van der Waals surface area contributed by atoms with Gasteiger partial charge in [-0.3, -0.25) is 4.98 Å². The van der Waals surface area contributed by atoms with Gasteiger partial charge in [-0.1, -0.05) is 12.1 Å². The van der Waals surface area contributed by atoms with E-state index in [4.69, 9.17) is 10.5 Å². The number of para-hydroxylation sites is 2. The monoisotopic (exact) mass is 257 g/mol. The molecule has 1 unspecified atom stereocenters. The van der Waals surface area contributed by atoms with Crippen molar-refractivity contribution in [1.82, 2.24) is 4.98 Å². The largest absolute Gasteiger partial charge is 0.495 e. The Morgan fingerprint density at radius 2 is 1.95 bits per heavy atom. The van der Waals surface area contributed by atoms with Gasteiger partial charge in [0.15, 0.2) is 0 Å². The maximum atomic E-state index is 5.80. The van der Waals surface area contributed by atoms with E-state index in [1.54, 1.807) is 7.11 Å². The molecule has 0 aliphatic carbocycles. The Hall–Kier alpha value is -2.07. The minimum atomic E-state index is -0.0504. The molecule has 1 atom stereocenters. The number of ether oxygens (including phenoxy) is 1. The number of methoxy groups -OCH3 is 1. The lowest BCUT2D eigenvalue weighted by atomic mass is 10.2. The van der Waals surface area contributed by atoms with Crippen LogP contribution in [0.25, 0.3) is 0 Å². The summed E-state index contributed by atoms with van der Waals surface area (Å²) in [6.45, 7) is 1.92. The van der Waals surface area contributed by atoms with Crippen molar-refractivity contribution in [3.05, 3.63) is 48.3 Å². The summed E-state index contributed by atoms with van der Waals surface area (Å²) in [5.41, 5.74) is 8.68. The smallest absolute Gasteiger partial charge is 0.142 e. The van der Waals surface area contributed by atoms with E-state index < -0.39 is 0 Å². The standard InChI is InChI=1S/C15H19N3O/c1-11(16)13-9-8-12(10-17-13)18(2)14-6-4-5-7-15(14)19-3/h4-11H,16H2,1-3H3. The first-order valence-electron chi connectivity index (χ1n) is 6.21. The van der Waals surface area contributed by atoms with Crippen LogP contribution in [0.3, 0.4) is 0 Å². The molecule has 1 aromatic heterocycles. The third-order valence-electron chi connectivity index (χ3n) is 3.07. The van der Waals surface area contributed by atoms with Gasteiger partial charge < -0.3 is 15.4 Å². The summed E-state index contributed by atoms with van der Waals surface area (Å²) in [5.74, 6) is 0.835. The normalized spacial score (nSPS) is 12.0. The molecule has 2 aromatic rings. The number of hydrogen-bond donors (Lipinski definition) is 1. The predicted molar refractivity (Wildman–Crippen MR) is 77.9 cm³/mol. The molecule has 4 nitrogen and oxygen atoms in total. The van der Waals surface area contributed by atoms with E-state index in [-0.39, 0.29) is 6.04 Å². The van der Waals surface area contributed by atoms with Gasteiger partial charge in [0.05, 0.1) is 30.4 Å². The second-order valence-electron chi connectivity index (χ2n) is 4.46. The number of anilines is 2. The van der Waals surface area contributed by atoms with Crippen LogP contribution >= 0.6 is 0 Å². The van der Waals surface area contributed by atoms with E-state index in [2.05, 4.69) is 4.98 Å². The van der Waals surface area contributed by atoms with Crippen molar-refractivity contribution in [1.29, 1.82) is 0 Å². The van der Waals surface area contributed by atoms with Gasteiger partial charge in [-0.2, -0.15) is 0 Å². The number of aromatic nitrogens is 1. The molecule has 100 valence electrons. The predicted octanol–water partition coefficient (Wildman–Crippen LogP) is 2.88. The molecule has 2 rings (SSSR count). The highest BCUT2D eigenvalue weighted by molar-refractivity contribution is 5.68. The fourth-order valence-corrected chi connectivity index (χ4v) is 1.91. The van der Waals surface area contributed by atoms with E-state index >= 15 is 0 Å². The lowest BCUT2D eigenvalue weighted by Gasteiger charge is -2.21. The van der Waals surface area contributed by atoms with Gasteiger partial charge in [-0.15, -0.1) is 0 Å². The summed E-state index contributed by atoms with van der Waals surface area (Å²) in [6, 6.07) is 11.8. The minimum Gasteiger partial charge on any atom is -0.495 e. The van der Waals surface area contributed by atoms with Crippen LogP contribution in [-0.2, 0) is 0 Å². The van der Waals surface area contributed by atoms with Gasteiger partial charge in [0.25, 0.3) is 0 Å². The van der Waals surface area contributed by atoms with Crippen LogP contribution in [0.2, 0.25) is 0 Å². The highest BCUT2D eigenvalue weighted by atomic mass is 16.5. The lowest BCUT2D eigenvalue weighted by Crippen LogP contribution is -2.12. The van der Waals surface area contributed by atoms with Gasteiger partial charge in [0.2, 0.25) is 0 Å². The third kappa shape index (κ3) is 2.85. The molecule has 0 amide bonds. The van der Waals surface area contributed by atoms with E-state index in [9.17, 15) is 0 Å². The van der Waals surface area contributed by atoms with Crippen LogP contribution in [0.1, 0.15) is 18.7 Å². The van der Waals surface area contributed by atoms with Gasteiger partial charge in [-0.25, -0.2) is 0 Å². The van der Waals surface area contributed by atoms with E-state index in [0.717, 1.165) is 22.8 Å². The van der Waals surface area contributed by atoms with Crippen molar-refractivity contribution in [2.24, 2.45) is 5.73 Å². The van der Waals surface area contributed by atoms with E-state index in [0.29, 0.717) is 0 Å². The summed E-state index contributed by atoms with van der Waals surface area (Å²) in [6.07, 6.45) is 1.82. The zero-order chi connectivity index (χ0) is 13.8. The number of rotatable bonds is 4. The minimum absolute atomic E-state index is 0.0504. The maximum Gasteiger partial charge on any atom is 0.142 e. The Morgan fingerprint density at radius 1 is 1.21 bits per heavy atom. The summed E-state index contributed by atoms with van der Waals surface area (Å²) >= 11 is 0. The molecule has 0 radical (unpaired) electrons. The maximum absolute atomic E-state index is 5.80. The molecule has 1 aromatic carbocycles. The van der Waals surface area contributed by atoms with Crippen molar-refractivity contribution in [2.45, 2.75) is 13.0 Å². The molecule has 0 saturated heterocycles. The molecule has 1 heterocycles. The zero-order valence-electron chi connectivity index (χ0n) is 11.5. The summed E-state index contributed by atoms with van der Waals surface area (Å²) in [5, 5.41) is 0. The second kappa shape index (κ2) is 5.71. The fourth-order valence-electron chi connectivity index (χ4n) is 1.91. The Kier molecular flexibility index (Phi) is 4.02. The molecule has 0 aliphatic heterocycles. The molecule has 19 heavy (non-hydrogen) atoms. The Bertz CT molecular complexity index is 537. The van der Waals surface area contributed by atoms with Crippen LogP contribution in [0.15, 0.2) is 42.6 Å². The summed E-state index contributed by atoms with van der Waals surface area (Å²) < 4.78 is 5.37. The number of pyridine rings is 1. The van der Waals surface area contributed by atoms with Gasteiger partial charge in [-0.05, 0) is 31.2 Å². The first kappa shape index (κ1) is 13.4. The van der Waals surface area contributed by atoms with Crippen LogP contribution in [-0.4, -0.2) is 19.1 Å². The molecular formula is C15H19N3O. The van der Waals surface area contributed by atoms with E-state index in [1.165, 1.54) is 0 Å². The Labute approximate surface area is 113 Å². The Balaban J connectivity index is 2.30. The SMILES string of the molecule is COc1ccccc1N(C)c1ccc(C(C)N)nc1. The zero-order valence-corrected chi connectivity index (χ0v) is 11.5. The molecule has 2 N–H and O–H groups in total. The highest BCUT2D eigenvalue weighted by Crippen LogP contribution is 2.31. The lowest BCUT2D eigenvalue weighted by molar-refractivity contribution is 0.415. The van der Waals surface area contributed by atoms with E-state index in [1.807, 2.05) is 61.5 Å². The molecule has 0 bridgehead atoms. The van der Waals surface area contributed by atoms with Crippen LogP contribution in [0.4, 0.5) is 11.4 Å². The van der Waals surface area contributed by atoms with Gasteiger partial charge in [0, 0.05) is 13.1 Å². The molecular weight excluding hydrogens is 238 g/mol. The fraction of sp³-hybridized carbons (Fsp3) is 0.267. The first-order valence-corrected chi connectivity index (χ1v) is 6.21. The van der Waals surface area contributed by atoms with Crippen molar-refractivity contribution in [3.63, 3.8) is 0 Å². The van der Waals surface area contributed by atoms with Crippen molar-refractivity contribution >= 4 is 11.4 Å². The first-order chi connectivity index (χ1) is 9.13. The van der Waals surface area contributed by atoms with Crippen LogP contribution < -0.4 is 15.4 Å². The number of benzene rings is 1. The Morgan fingerprint density at radius 3 is 2.53 bits per heavy atom. The summed E-state index contributed by atoms with van der Waals surface area (Å²) in [7, 11) is 3.66. The molecule has 0 aliphatic rings. The van der Waals surface area contributed by atoms with Crippen molar-refractivity contribution in [2.75, 3.05) is 19.1 Å². The molecule has 0 spiro atoms.